The van der Waals surface area contributed by atoms with Crippen LogP contribution < -0.4 is 4.90 Å². The number of aryl methyl sites for hydroxylation is 1. The Morgan fingerprint density at radius 2 is 1.95 bits per heavy atom. The second-order valence-electron chi connectivity index (χ2n) is 5.79. The average Bonchev–Trinajstić information content (AvgIpc) is 2.99. The molecule has 0 spiro atoms. The van der Waals surface area contributed by atoms with Gasteiger partial charge in [-0.25, -0.2) is 9.97 Å². The summed E-state index contributed by atoms with van der Waals surface area (Å²) >= 11 is 0. The monoisotopic (exact) mass is 301 g/mol. The number of ether oxygens (including phenoxy) is 2. The van der Waals surface area contributed by atoms with Gasteiger partial charge >= 0.3 is 0 Å². The van der Waals surface area contributed by atoms with Crippen molar-refractivity contribution in [2.45, 2.75) is 13.3 Å². The lowest BCUT2D eigenvalue weighted by atomic mass is 10.1. The van der Waals surface area contributed by atoms with Crippen molar-refractivity contribution in [3.05, 3.63) is 30.0 Å². The highest BCUT2D eigenvalue weighted by Crippen LogP contribution is 2.26. The van der Waals surface area contributed by atoms with Crippen LogP contribution in [0.15, 0.2) is 24.3 Å². The van der Waals surface area contributed by atoms with Gasteiger partial charge in [-0.1, -0.05) is 12.1 Å². The van der Waals surface area contributed by atoms with Crippen LogP contribution >= 0.6 is 0 Å². The van der Waals surface area contributed by atoms with Crippen molar-refractivity contribution in [1.82, 2.24) is 9.97 Å². The van der Waals surface area contributed by atoms with E-state index >= 15 is 0 Å². The molecule has 1 aliphatic heterocycles. The van der Waals surface area contributed by atoms with Gasteiger partial charge in [-0.3, -0.25) is 0 Å². The number of anilines is 1. The van der Waals surface area contributed by atoms with Gasteiger partial charge in [0.15, 0.2) is 5.82 Å². The van der Waals surface area contributed by atoms with Crippen molar-refractivity contribution >= 4 is 16.9 Å². The maximum absolute atomic E-state index is 5.65. The highest BCUT2D eigenvalue weighted by Gasteiger charge is 2.25. The lowest BCUT2D eigenvalue weighted by molar-refractivity contribution is 0.0549. The summed E-state index contributed by atoms with van der Waals surface area (Å²) in [6.45, 7) is 6.16. The molecule has 5 heteroatoms. The summed E-state index contributed by atoms with van der Waals surface area (Å²) in [6, 6.07) is 8.04. The summed E-state index contributed by atoms with van der Waals surface area (Å²) in [6.07, 6.45) is 1.14. The van der Waals surface area contributed by atoms with Crippen molar-refractivity contribution in [2.24, 2.45) is 5.92 Å². The zero-order chi connectivity index (χ0) is 15.4. The van der Waals surface area contributed by atoms with Gasteiger partial charge in [0.05, 0.1) is 36.5 Å². The van der Waals surface area contributed by atoms with Crippen LogP contribution in [0.3, 0.4) is 0 Å². The first-order chi connectivity index (χ1) is 10.8. The molecule has 1 saturated heterocycles. The van der Waals surface area contributed by atoms with Gasteiger partial charge in [0.1, 0.15) is 0 Å². The van der Waals surface area contributed by atoms with Crippen molar-refractivity contribution < 1.29 is 9.47 Å². The van der Waals surface area contributed by atoms with Crippen LogP contribution in [0.5, 0.6) is 0 Å². The predicted molar refractivity (Wildman–Crippen MR) is 87.3 cm³/mol. The van der Waals surface area contributed by atoms with E-state index in [9.17, 15) is 0 Å². The number of para-hydroxylation sites is 2. The smallest absolute Gasteiger partial charge is 0.150 e. The van der Waals surface area contributed by atoms with Crippen molar-refractivity contribution in [3.8, 4) is 0 Å². The molecule has 5 nitrogen and oxygen atoms in total. The van der Waals surface area contributed by atoms with E-state index in [1.807, 2.05) is 31.2 Å². The number of methoxy groups -OCH3 is 1. The summed E-state index contributed by atoms with van der Waals surface area (Å²) in [5.74, 6) is 1.57. The molecule has 22 heavy (non-hydrogen) atoms. The van der Waals surface area contributed by atoms with Crippen molar-refractivity contribution in [3.63, 3.8) is 0 Å². The first-order valence-corrected chi connectivity index (χ1v) is 7.83. The molecule has 1 aromatic heterocycles. The number of benzene rings is 1. The van der Waals surface area contributed by atoms with Gasteiger partial charge in [0.2, 0.25) is 0 Å². The summed E-state index contributed by atoms with van der Waals surface area (Å²) in [4.78, 5) is 11.8. The minimum absolute atomic E-state index is 0.560. The highest BCUT2D eigenvalue weighted by molar-refractivity contribution is 5.76. The fourth-order valence-corrected chi connectivity index (χ4v) is 2.93. The minimum atomic E-state index is 0.560. The first-order valence-electron chi connectivity index (χ1n) is 7.83. The zero-order valence-corrected chi connectivity index (χ0v) is 13.3. The largest absolute Gasteiger partial charge is 0.382 e. The van der Waals surface area contributed by atoms with Crippen LogP contribution in [0.25, 0.3) is 11.0 Å². The summed E-state index contributed by atoms with van der Waals surface area (Å²) in [5, 5.41) is 0. The molecular formula is C17H23N3O2. The van der Waals surface area contributed by atoms with Crippen LogP contribution in [-0.4, -0.2) is 50.0 Å². The van der Waals surface area contributed by atoms with Crippen LogP contribution in [0, 0.1) is 12.8 Å². The normalized spacial score (nSPS) is 18.3. The molecule has 0 saturated carbocycles. The third-order valence-electron chi connectivity index (χ3n) is 4.09. The van der Waals surface area contributed by atoms with E-state index in [2.05, 4.69) is 9.88 Å². The molecule has 3 rings (SSSR count). The number of nitrogens with zero attached hydrogens (tertiary/aromatic N) is 3. The fraction of sp³-hybridized carbons (Fsp3) is 0.529. The Morgan fingerprint density at radius 1 is 1.18 bits per heavy atom. The molecule has 1 unspecified atom stereocenters. The molecule has 1 aromatic carbocycles. The summed E-state index contributed by atoms with van der Waals surface area (Å²) in [7, 11) is 1.70. The molecular weight excluding hydrogens is 278 g/mol. The van der Waals surface area contributed by atoms with Crippen LogP contribution in [0.1, 0.15) is 12.1 Å². The Morgan fingerprint density at radius 3 is 2.73 bits per heavy atom. The summed E-state index contributed by atoms with van der Waals surface area (Å²) in [5.41, 5.74) is 2.92. The van der Waals surface area contributed by atoms with Crippen molar-refractivity contribution in [1.29, 1.82) is 0 Å². The molecule has 0 bridgehead atoms. The Labute approximate surface area is 131 Å². The lowest BCUT2D eigenvalue weighted by Crippen LogP contribution is -2.23. The number of fused-ring (bicyclic) bond motifs is 1. The Kier molecular flexibility index (Phi) is 4.85. The SMILES string of the molecule is COCCOCC1CCN(c2nc3ccccc3nc2C)C1. The minimum Gasteiger partial charge on any atom is -0.382 e. The van der Waals surface area contributed by atoms with Gasteiger partial charge < -0.3 is 14.4 Å². The molecule has 2 heterocycles. The van der Waals surface area contributed by atoms with Gasteiger partial charge in [-0.2, -0.15) is 0 Å². The van der Waals surface area contributed by atoms with Crippen LogP contribution in [0.2, 0.25) is 0 Å². The number of rotatable bonds is 6. The van der Waals surface area contributed by atoms with Crippen LogP contribution in [-0.2, 0) is 9.47 Å². The second kappa shape index (κ2) is 7.03. The first kappa shape index (κ1) is 15.2. The quantitative estimate of drug-likeness (QED) is 0.767. The third-order valence-corrected chi connectivity index (χ3v) is 4.09. The maximum Gasteiger partial charge on any atom is 0.150 e. The van der Waals surface area contributed by atoms with Crippen molar-refractivity contribution in [2.75, 3.05) is 44.9 Å². The Balaban J connectivity index is 1.66. The van der Waals surface area contributed by atoms with Gasteiger partial charge in [0, 0.05) is 26.1 Å². The number of hydrogen-bond donors (Lipinski definition) is 0. The molecule has 118 valence electrons. The molecule has 0 N–H and O–H groups in total. The van der Waals surface area contributed by atoms with Gasteiger partial charge in [0.25, 0.3) is 0 Å². The van der Waals surface area contributed by atoms with Crippen LogP contribution in [0.4, 0.5) is 5.82 Å². The molecule has 0 radical (unpaired) electrons. The van der Waals surface area contributed by atoms with Gasteiger partial charge in [-0.15, -0.1) is 0 Å². The van der Waals surface area contributed by atoms with E-state index in [-0.39, 0.29) is 0 Å². The number of aromatic nitrogens is 2. The molecule has 1 aliphatic rings. The standard InChI is InChI=1S/C17H23N3O2/c1-13-17(19-16-6-4-3-5-15(16)18-13)20-8-7-14(11-20)12-22-10-9-21-2/h3-6,14H,7-12H2,1-2H3. The summed E-state index contributed by atoms with van der Waals surface area (Å²) < 4.78 is 10.7. The molecule has 0 aliphatic carbocycles. The molecule has 0 amide bonds. The Bertz CT molecular complexity index is 632. The topological polar surface area (TPSA) is 47.5 Å². The van der Waals surface area contributed by atoms with E-state index in [0.29, 0.717) is 19.1 Å². The average molecular weight is 301 g/mol. The van der Waals surface area contributed by atoms with E-state index in [0.717, 1.165) is 48.7 Å². The fourth-order valence-electron chi connectivity index (χ4n) is 2.93. The molecule has 1 fully saturated rings. The lowest BCUT2D eigenvalue weighted by Gasteiger charge is -2.19. The maximum atomic E-state index is 5.65. The Hall–Kier alpha value is -1.72. The van der Waals surface area contributed by atoms with Gasteiger partial charge in [-0.05, 0) is 25.5 Å². The highest BCUT2D eigenvalue weighted by atomic mass is 16.5. The molecule has 2 aromatic rings. The number of hydrogen-bond acceptors (Lipinski definition) is 5. The molecule has 1 atom stereocenters. The predicted octanol–water partition coefficient (Wildman–Crippen LogP) is 2.43. The van der Waals surface area contributed by atoms with E-state index in [4.69, 9.17) is 14.5 Å². The third kappa shape index (κ3) is 3.36. The van der Waals surface area contributed by atoms with E-state index in [1.165, 1.54) is 0 Å². The second-order valence-corrected chi connectivity index (χ2v) is 5.79. The van der Waals surface area contributed by atoms with E-state index < -0.39 is 0 Å². The van der Waals surface area contributed by atoms with E-state index in [1.54, 1.807) is 7.11 Å². The zero-order valence-electron chi connectivity index (χ0n) is 13.3.